The Morgan fingerprint density at radius 3 is 2.93 bits per heavy atom. The quantitative estimate of drug-likeness (QED) is 0.293. The van der Waals surface area contributed by atoms with Gasteiger partial charge in [-0.25, -0.2) is 5.84 Å². The van der Waals surface area contributed by atoms with Gasteiger partial charge in [-0.2, -0.15) is 0 Å². The van der Waals surface area contributed by atoms with Crippen LogP contribution in [0.2, 0.25) is 0 Å². The summed E-state index contributed by atoms with van der Waals surface area (Å²) in [5.74, 6) is 5.90. The van der Waals surface area contributed by atoms with E-state index in [-0.39, 0.29) is 6.04 Å². The van der Waals surface area contributed by atoms with Crippen molar-refractivity contribution in [2.24, 2.45) is 10.8 Å². The minimum absolute atomic E-state index is 0.0764. The predicted molar refractivity (Wildman–Crippen MR) is 61.1 cm³/mol. The van der Waals surface area contributed by atoms with Crippen molar-refractivity contribution in [1.29, 1.82) is 0 Å². The van der Waals surface area contributed by atoms with E-state index < -0.39 is 0 Å². The Morgan fingerprint density at radius 1 is 1.60 bits per heavy atom. The molecule has 0 aromatic carbocycles. The van der Waals surface area contributed by atoms with Gasteiger partial charge in [-0.3, -0.25) is 15.4 Å². The molecular weight excluding hydrogens is 190 g/mol. The molecule has 5 nitrogen and oxygen atoms in total. The maximum absolute atomic E-state index is 5.32. The fourth-order valence-electron chi connectivity index (χ4n) is 1.20. The molecule has 0 saturated carbocycles. The third-order valence-corrected chi connectivity index (χ3v) is 1.94. The highest BCUT2D eigenvalue weighted by Gasteiger charge is 2.06. The van der Waals surface area contributed by atoms with Crippen LogP contribution in [0.3, 0.4) is 0 Å². The van der Waals surface area contributed by atoms with Crippen LogP contribution in [-0.4, -0.2) is 17.5 Å². The summed E-state index contributed by atoms with van der Waals surface area (Å²) in [5, 5.41) is 3.14. The van der Waals surface area contributed by atoms with Crippen molar-refractivity contribution in [3.8, 4) is 0 Å². The van der Waals surface area contributed by atoms with E-state index in [9.17, 15) is 0 Å². The first-order valence-electron chi connectivity index (χ1n) is 4.96. The third kappa shape index (κ3) is 3.55. The smallest absolute Gasteiger partial charge is 0.206 e. The number of aliphatic imine (C=N–C) groups is 1. The summed E-state index contributed by atoms with van der Waals surface area (Å²) in [5.41, 5.74) is 3.47. The summed E-state index contributed by atoms with van der Waals surface area (Å²) < 4.78 is 0. The number of rotatable bonds is 3. The van der Waals surface area contributed by atoms with Crippen molar-refractivity contribution < 1.29 is 0 Å². The van der Waals surface area contributed by atoms with Gasteiger partial charge in [0.05, 0.1) is 11.7 Å². The van der Waals surface area contributed by atoms with Gasteiger partial charge >= 0.3 is 0 Å². The first-order chi connectivity index (χ1) is 7.27. The Morgan fingerprint density at radius 2 is 2.40 bits per heavy atom. The van der Waals surface area contributed by atoms with E-state index in [1.807, 2.05) is 32.0 Å². The third-order valence-electron chi connectivity index (χ3n) is 1.94. The van der Waals surface area contributed by atoms with E-state index in [2.05, 4.69) is 20.7 Å². The average molecular weight is 207 g/mol. The Kier molecular flexibility index (Phi) is 4.56. The lowest BCUT2D eigenvalue weighted by Crippen LogP contribution is -2.42. The molecular formula is C10H17N5. The highest BCUT2D eigenvalue weighted by molar-refractivity contribution is 5.79. The second-order valence-corrected chi connectivity index (χ2v) is 3.09. The van der Waals surface area contributed by atoms with Gasteiger partial charge in [0.1, 0.15) is 0 Å². The van der Waals surface area contributed by atoms with Gasteiger partial charge in [-0.05, 0) is 26.0 Å². The maximum Gasteiger partial charge on any atom is 0.206 e. The zero-order valence-corrected chi connectivity index (χ0v) is 9.07. The summed E-state index contributed by atoms with van der Waals surface area (Å²) >= 11 is 0. The Labute approximate surface area is 89.8 Å². The molecule has 0 aliphatic carbocycles. The van der Waals surface area contributed by atoms with Gasteiger partial charge in [0, 0.05) is 12.7 Å². The molecule has 0 saturated heterocycles. The molecule has 0 amide bonds. The molecule has 5 heteroatoms. The van der Waals surface area contributed by atoms with E-state index in [0.717, 1.165) is 5.69 Å². The molecule has 0 aliphatic heterocycles. The van der Waals surface area contributed by atoms with E-state index in [4.69, 9.17) is 5.84 Å². The highest BCUT2D eigenvalue weighted by Crippen LogP contribution is 2.06. The number of nitrogens with one attached hydrogen (secondary N) is 2. The van der Waals surface area contributed by atoms with E-state index in [0.29, 0.717) is 12.5 Å². The highest BCUT2D eigenvalue weighted by atomic mass is 15.3. The van der Waals surface area contributed by atoms with Crippen molar-refractivity contribution >= 4 is 5.96 Å². The van der Waals surface area contributed by atoms with Crippen LogP contribution in [0.4, 0.5) is 0 Å². The molecule has 0 bridgehead atoms. The van der Waals surface area contributed by atoms with Crippen molar-refractivity contribution in [3.05, 3.63) is 30.1 Å². The molecule has 15 heavy (non-hydrogen) atoms. The molecule has 1 unspecified atom stereocenters. The SMILES string of the molecule is CCN=C(NN)NC(C)c1ccccn1. The van der Waals surface area contributed by atoms with Crippen LogP contribution in [0.15, 0.2) is 29.4 Å². The zero-order valence-electron chi connectivity index (χ0n) is 9.07. The molecule has 1 aromatic rings. The molecule has 1 atom stereocenters. The number of aromatic nitrogens is 1. The average Bonchev–Trinajstić information content (AvgIpc) is 2.29. The van der Waals surface area contributed by atoms with Crippen molar-refractivity contribution in [3.63, 3.8) is 0 Å². The first-order valence-corrected chi connectivity index (χ1v) is 4.96. The Balaban J connectivity index is 2.62. The summed E-state index contributed by atoms with van der Waals surface area (Å²) in [6.07, 6.45) is 1.76. The lowest BCUT2D eigenvalue weighted by atomic mass is 10.2. The molecule has 4 N–H and O–H groups in total. The minimum atomic E-state index is 0.0764. The number of hydrogen-bond donors (Lipinski definition) is 3. The number of hydrazine groups is 1. The van der Waals surface area contributed by atoms with Crippen LogP contribution < -0.4 is 16.6 Å². The predicted octanol–water partition coefficient (Wildman–Crippen LogP) is 0.571. The topological polar surface area (TPSA) is 75.3 Å². The van der Waals surface area contributed by atoms with Crippen LogP contribution in [-0.2, 0) is 0 Å². The minimum Gasteiger partial charge on any atom is -0.347 e. The van der Waals surface area contributed by atoms with E-state index >= 15 is 0 Å². The van der Waals surface area contributed by atoms with Crippen molar-refractivity contribution in [2.75, 3.05) is 6.54 Å². The number of nitrogens with zero attached hydrogens (tertiary/aromatic N) is 2. The summed E-state index contributed by atoms with van der Waals surface area (Å²) in [4.78, 5) is 8.39. The maximum atomic E-state index is 5.32. The normalized spacial score (nSPS) is 13.4. The van der Waals surface area contributed by atoms with Crippen molar-refractivity contribution in [1.82, 2.24) is 15.7 Å². The molecule has 0 radical (unpaired) electrons. The van der Waals surface area contributed by atoms with Gasteiger partial charge in [0.2, 0.25) is 5.96 Å². The van der Waals surface area contributed by atoms with Crippen LogP contribution in [0.5, 0.6) is 0 Å². The molecule has 1 heterocycles. The largest absolute Gasteiger partial charge is 0.347 e. The second-order valence-electron chi connectivity index (χ2n) is 3.09. The van der Waals surface area contributed by atoms with Crippen LogP contribution >= 0.6 is 0 Å². The lowest BCUT2D eigenvalue weighted by molar-refractivity contribution is 0.668. The van der Waals surface area contributed by atoms with Crippen LogP contribution in [0.25, 0.3) is 0 Å². The number of hydrogen-bond acceptors (Lipinski definition) is 3. The summed E-state index contributed by atoms with van der Waals surface area (Å²) in [6, 6.07) is 5.87. The molecule has 82 valence electrons. The Hall–Kier alpha value is -1.62. The number of guanidine groups is 1. The molecule has 1 aromatic heterocycles. The van der Waals surface area contributed by atoms with Gasteiger partial charge in [-0.15, -0.1) is 0 Å². The second kappa shape index (κ2) is 5.98. The van der Waals surface area contributed by atoms with Gasteiger partial charge in [0.25, 0.3) is 0 Å². The summed E-state index contributed by atoms with van der Waals surface area (Å²) in [7, 11) is 0. The molecule has 0 fully saturated rings. The van der Waals surface area contributed by atoms with Gasteiger partial charge in [0.15, 0.2) is 0 Å². The first kappa shape index (κ1) is 11.5. The van der Waals surface area contributed by atoms with E-state index in [1.54, 1.807) is 6.20 Å². The summed E-state index contributed by atoms with van der Waals surface area (Å²) in [6.45, 7) is 4.64. The monoisotopic (exact) mass is 207 g/mol. The lowest BCUT2D eigenvalue weighted by Gasteiger charge is -2.15. The fourth-order valence-corrected chi connectivity index (χ4v) is 1.20. The molecule has 0 spiro atoms. The fraction of sp³-hybridized carbons (Fsp3) is 0.400. The zero-order chi connectivity index (χ0) is 11.1. The van der Waals surface area contributed by atoms with Crippen LogP contribution in [0, 0.1) is 0 Å². The van der Waals surface area contributed by atoms with Gasteiger partial charge < -0.3 is 5.32 Å². The van der Waals surface area contributed by atoms with Crippen LogP contribution in [0.1, 0.15) is 25.6 Å². The van der Waals surface area contributed by atoms with Gasteiger partial charge in [-0.1, -0.05) is 6.07 Å². The molecule has 1 rings (SSSR count). The Bertz CT molecular complexity index is 309. The standard InChI is InChI=1S/C10H17N5/c1-3-12-10(15-11)14-8(2)9-6-4-5-7-13-9/h4-8H,3,11H2,1-2H3,(H2,12,14,15). The molecule has 0 aliphatic rings. The van der Waals surface area contributed by atoms with Crippen molar-refractivity contribution in [2.45, 2.75) is 19.9 Å². The number of nitrogens with two attached hydrogens (primary N) is 1. The van der Waals surface area contributed by atoms with E-state index in [1.165, 1.54) is 0 Å². The number of pyridine rings is 1.